The lowest BCUT2D eigenvalue weighted by atomic mass is 10.4. The molecular formula is C5H6Br2O2. The van der Waals surface area contributed by atoms with Gasteiger partial charge in [-0.05, 0) is 0 Å². The maximum Gasteiger partial charge on any atom is 0.335 e. The fourth-order valence-electron chi connectivity index (χ4n) is 0.220. The number of carbonyl (C=O) groups excluding carboxylic acids is 1. The largest absolute Gasteiger partial charge is 0.466 e. The first-order chi connectivity index (χ1) is 4.09. The predicted molar refractivity (Wildman–Crippen MR) is 42.8 cm³/mol. The molecule has 0 radical (unpaired) electrons. The third kappa shape index (κ3) is 3.01. The van der Waals surface area contributed by atoms with Crippen molar-refractivity contribution in [1.82, 2.24) is 0 Å². The molecule has 0 rings (SSSR count). The minimum Gasteiger partial charge on any atom is -0.466 e. The molecule has 0 unspecified atom stereocenters. The van der Waals surface area contributed by atoms with Crippen molar-refractivity contribution in [2.45, 2.75) is 3.74 Å². The first kappa shape index (κ1) is 9.17. The molecule has 0 aromatic heterocycles. The van der Waals surface area contributed by atoms with Gasteiger partial charge in [0.15, 0.2) is 0 Å². The van der Waals surface area contributed by atoms with E-state index in [0.717, 1.165) is 0 Å². The normalized spacial score (nSPS) is 9.33. The highest BCUT2D eigenvalue weighted by Crippen LogP contribution is 2.17. The van der Waals surface area contributed by atoms with Crippen LogP contribution in [0.25, 0.3) is 0 Å². The van der Waals surface area contributed by atoms with Crippen LogP contribution in [-0.4, -0.2) is 16.8 Å². The number of rotatable bonds is 2. The smallest absolute Gasteiger partial charge is 0.335 e. The van der Waals surface area contributed by atoms with Crippen molar-refractivity contribution in [1.29, 1.82) is 0 Å². The van der Waals surface area contributed by atoms with E-state index in [-0.39, 0.29) is 3.74 Å². The van der Waals surface area contributed by atoms with E-state index in [9.17, 15) is 4.79 Å². The van der Waals surface area contributed by atoms with Crippen LogP contribution >= 0.6 is 31.9 Å². The van der Waals surface area contributed by atoms with Crippen LogP contribution in [-0.2, 0) is 9.53 Å². The monoisotopic (exact) mass is 256 g/mol. The molecular weight excluding hydrogens is 252 g/mol. The molecule has 0 saturated heterocycles. The zero-order valence-corrected chi connectivity index (χ0v) is 8.03. The molecule has 0 aromatic carbocycles. The van der Waals surface area contributed by atoms with Gasteiger partial charge in [-0.15, -0.1) is 0 Å². The summed E-state index contributed by atoms with van der Waals surface area (Å²) in [7, 11) is 1.32. The second kappa shape index (κ2) is 4.06. The SMILES string of the molecule is C=C(C(=O)OC)C(Br)Br. The maximum atomic E-state index is 10.6. The zero-order valence-electron chi connectivity index (χ0n) is 4.86. The molecule has 0 aliphatic carbocycles. The highest BCUT2D eigenvalue weighted by molar-refractivity contribution is 9.24. The van der Waals surface area contributed by atoms with Gasteiger partial charge in [-0.3, -0.25) is 0 Å². The Morgan fingerprint density at radius 1 is 1.67 bits per heavy atom. The molecule has 0 spiro atoms. The summed E-state index contributed by atoms with van der Waals surface area (Å²) < 4.78 is 4.18. The van der Waals surface area contributed by atoms with Crippen molar-refractivity contribution in [3.8, 4) is 0 Å². The molecule has 52 valence electrons. The van der Waals surface area contributed by atoms with Gasteiger partial charge in [-0.25, -0.2) is 4.79 Å². The first-order valence-corrected chi connectivity index (χ1v) is 3.98. The summed E-state index contributed by atoms with van der Waals surface area (Å²) in [6.07, 6.45) is 0. The second-order valence-corrected chi connectivity index (χ2v) is 4.38. The molecule has 0 heterocycles. The van der Waals surface area contributed by atoms with E-state index in [2.05, 4.69) is 43.2 Å². The molecule has 4 heteroatoms. The summed E-state index contributed by atoms with van der Waals surface area (Å²) in [5.74, 6) is -0.409. The van der Waals surface area contributed by atoms with Gasteiger partial charge >= 0.3 is 5.97 Å². The Kier molecular flexibility index (Phi) is 4.14. The number of methoxy groups -OCH3 is 1. The Morgan fingerprint density at radius 2 is 2.11 bits per heavy atom. The lowest BCUT2D eigenvalue weighted by Gasteiger charge is -2.01. The molecule has 0 aliphatic heterocycles. The van der Waals surface area contributed by atoms with Crippen molar-refractivity contribution in [3.63, 3.8) is 0 Å². The fourth-order valence-corrected chi connectivity index (χ4v) is 0.594. The minimum absolute atomic E-state index is 0.197. The summed E-state index contributed by atoms with van der Waals surface area (Å²) in [5.41, 5.74) is 0.359. The highest BCUT2D eigenvalue weighted by Gasteiger charge is 2.12. The highest BCUT2D eigenvalue weighted by atomic mass is 79.9. The quantitative estimate of drug-likeness (QED) is 0.429. The molecule has 0 bridgehead atoms. The van der Waals surface area contributed by atoms with E-state index >= 15 is 0 Å². The van der Waals surface area contributed by atoms with Crippen molar-refractivity contribution in [2.24, 2.45) is 0 Å². The van der Waals surface area contributed by atoms with Crippen LogP contribution in [0.15, 0.2) is 12.2 Å². The van der Waals surface area contributed by atoms with E-state index in [1.807, 2.05) is 0 Å². The molecule has 0 atom stereocenters. The molecule has 0 saturated carbocycles. The van der Waals surface area contributed by atoms with Crippen LogP contribution in [0.2, 0.25) is 0 Å². The lowest BCUT2D eigenvalue weighted by Crippen LogP contribution is -2.07. The zero-order chi connectivity index (χ0) is 7.44. The average Bonchev–Trinajstić information content (AvgIpc) is 1.84. The lowest BCUT2D eigenvalue weighted by molar-refractivity contribution is -0.135. The molecule has 0 amide bonds. The fraction of sp³-hybridized carbons (Fsp3) is 0.400. The molecule has 0 aromatic rings. The summed E-state index contributed by atoms with van der Waals surface area (Å²) in [4.78, 5) is 10.6. The van der Waals surface area contributed by atoms with Crippen LogP contribution in [0.3, 0.4) is 0 Å². The number of halogens is 2. The van der Waals surface area contributed by atoms with E-state index in [1.165, 1.54) is 7.11 Å². The number of alkyl halides is 2. The Morgan fingerprint density at radius 3 is 2.22 bits per heavy atom. The maximum absolute atomic E-state index is 10.6. The molecule has 9 heavy (non-hydrogen) atoms. The number of hydrogen-bond acceptors (Lipinski definition) is 2. The van der Waals surface area contributed by atoms with Gasteiger partial charge in [0.2, 0.25) is 0 Å². The third-order valence-corrected chi connectivity index (χ3v) is 1.82. The molecule has 0 aliphatic rings. The topological polar surface area (TPSA) is 26.3 Å². The third-order valence-electron chi connectivity index (χ3n) is 0.711. The van der Waals surface area contributed by atoms with Gasteiger partial charge in [-0.2, -0.15) is 0 Å². The Hall–Kier alpha value is 0.170. The van der Waals surface area contributed by atoms with Gasteiger partial charge in [0, 0.05) is 0 Å². The summed E-state index contributed by atoms with van der Waals surface area (Å²) in [6, 6.07) is 0. The van der Waals surface area contributed by atoms with Crippen molar-refractivity contribution in [3.05, 3.63) is 12.2 Å². The average molecular weight is 258 g/mol. The summed E-state index contributed by atoms with van der Waals surface area (Å²) in [5, 5.41) is 0. The van der Waals surface area contributed by atoms with Gasteiger partial charge < -0.3 is 4.74 Å². The van der Waals surface area contributed by atoms with Crippen LogP contribution in [0.4, 0.5) is 0 Å². The molecule has 2 nitrogen and oxygen atoms in total. The molecule has 0 fully saturated rings. The summed E-state index contributed by atoms with van der Waals surface area (Å²) in [6.45, 7) is 3.46. The van der Waals surface area contributed by atoms with Gasteiger partial charge in [0.25, 0.3) is 0 Å². The number of ether oxygens (including phenoxy) is 1. The van der Waals surface area contributed by atoms with Gasteiger partial charge in [0.1, 0.15) is 3.74 Å². The Balaban J connectivity index is 3.89. The van der Waals surface area contributed by atoms with Crippen molar-refractivity contribution >= 4 is 37.8 Å². The first-order valence-electron chi connectivity index (χ1n) is 2.15. The van der Waals surface area contributed by atoms with Crippen LogP contribution in [0, 0.1) is 0 Å². The summed E-state index contributed by atoms with van der Waals surface area (Å²) >= 11 is 6.19. The molecule has 0 N–H and O–H groups in total. The van der Waals surface area contributed by atoms with Crippen molar-refractivity contribution in [2.75, 3.05) is 7.11 Å². The van der Waals surface area contributed by atoms with Crippen molar-refractivity contribution < 1.29 is 9.53 Å². The Bertz CT molecular complexity index is 131. The minimum atomic E-state index is -0.409. The second-order valence-electron chi connectivity index (χ2n) is 1.32. The van der Waals surface area contributed by atoms with Crippen LogP contribution in [0.1, 0.15) is 0 Å². The van der Waals surface area contributed by atoms with Gasteiger partial charge in [-0.1, -0.05) is 38.4 Å². The van der Waals surface area contributed by atoms with E-state index in [4.69, 9.17) is 0 Å². The van der Waals surface area contributed by atoms with E-state index < -0.39 is 5.97 Å². The number of hydrogen-bond donors (Lipinski definition) is 0. The number of esters is 1. The van der Waals surface area contributed by atoms with Crippen LogP contribution < -0.4 is 0 Å². The van der Waals surface area contributed by atoms with Crippen LogP contribution in [0.5, 0.6) is 0 Å². The van der Waals surface area contributed by atoms with Gasteiger partial charge in [0.05, 0.1) is 12.7 Å². The Labute approximate surface area is 70.5 Å². The number of carbonyl (C=O) groups is 1. The van der Waals surface area contributed by atoms with E-state index in [0.29, 0.717) is 5.57 Å². The predicted octanol–water partition coefficient (Wildman–Crippen LogP) is 1.83. The standard InChI is InChI=1S/C5H6Br2O2/c1-3(4(6)7)5(8)9-2/h4H,1H2,2H3. The van der Waals surface area contributed by atoms with E-state index in [1.54, 1.807) is 0 Å².